The number of rotatable bonds is 4. The number of nitrogens with zero attached hydrogens (tertiary/aromatic N) is 1. The fraction of sp³-hybridized carbons (Fsp3) is 0.333. The molecule has 1 fully saturated rings. The van der Waals surface area contributed by atoms with E-state index in [9.17, 15) is 0 Å². The van der Waals surface area contributed by atoms with Crippen LogP contribution in [0.5, 0.6) is 11.5 Å². The molecular weight excluding hydrogens is 314 g/mol. The Balaban J connectivity index is 1.56. The number of para-hydroxylation sites is 2. The van der Waals surface area contributed by atoms with Crippen LogP contribution in [0.3, 0.4) is 0 Å². The van der Waals surface area contributed by atoms with Crippen molar-refractivity contribution in [3.63, 3.8) is 0 Å². The first-order valence-electron chi connectivity index (χ1n) is 8.78. The Bertz CT molecular complexity index is 744. The predicted molar refractivity (Wildman–Crippen MR) is 96.5 cm³/mol. The van der Waals surface area contributed by atoms with E-state index in [0.717, 1.165) is 43.2 Å². The van der Waals surface area contributed by atoms with Gasteiger partial charge in [-0.3, -0.25) is 4.90 Å². The summed E-state index contributed by atoms with van der Waals surface area (Å²) in [4.78, 5) is 2.45. The highest BCUT2D eigenvalue weighted by Crippen LogP contribution is 2.36. The SMILES string of the molecule is COC1CCN(Cc2ccccc2)C(C2=COc3ccccc3O2)C1. The van der Waals surface area contributed by atoms with Crippen molar-refractivity contribution in [1.82, 2.24) is 4.90 Å². The van der Waals surface area contributed by atoms with E-state index >= 15 is 0 Å². The minimum atomic E-state index is 0.146. The van der Waals surface area contributed by atoms with Crippen LogP contribution in [0.4, 0.5) is 0 Å². The lowest BCUT2D eigenvalue weighted by molar-refractivity contribution is 0.00682. The molecule has 2 atom stereocenters. The summed E-state index contributed by atoms with van der Waals surface area (Å²) in [5, 5.41) is 0. The number of methoxy groups -OCH3 is 1. The topological polar surface area (TPSA) is 30.9 Å². The molecule has 2 aliphatic heterocycles. The molecule has 0 aliphatic carbocycles. The summed E-state index contributed by atoms with van der Waals surface area (Å²) in [6.45, 7) is 1.87. The summed E-state index contributed by atoms with van der Waals surface area (Å²) < 4.78 is 17.6. The number of fused-ring (bicyclic) bond motifs is 1. The van der Waals surface area contributed by atoms with Crippen molar-refractivity contribution in [3.05, 3.63) is 72.2 Å². The second kappa shape index (κ2) is 7.30. The average Bonchev–Trinajstić information content (AvgIpc) is 2.69. The first-order chi connectivity index (χ1) is 12.3. The van der Waals surface area contributed by atoms with Crippen LogP contribution in [0.2, 0.25) is 0 Å². The summed E-state index contributed by atoms with van der Waals surface area (Å²) in [6.07, 6.45) is 3.94. The van der Waals surface area contributed by atoms with E-state index in [0.29, 0.717) is 0 Å². The standard InChI is InChI=1S/C21H23NO3/c1-23-17-11-12-22(14-16-7-3-2-4-8-16)18(13-17)21-15-24-19-9-5-6-10-20(19)25-21/h2-10,15,17-18H,11-14H2,1H3. The van der Waals surface area contributed by atoms with Crippen molar-refractivity contribution in [3.8, 4) is 11.5 Å². The van der Waals surface area contributed by atoms with E-state index in [4.69, 9.17) is 14.2 Å². The molecule has 2 aromatic rings. The fourth-order valence-corrected chi connectivity index (χ4v) is 3.55. The lowest BCUT2D eigenvalue weighted by Gasteiger charge is -2.40. The molecule has 0 spiro atoms. The first kappa shape index (κ1) is 16.2. The Morgan fingerprint density at radius 2 is 1.80 bits per heavy atom. The van der Waals surface area contributed by atoms with Crippen LogP contribution in [0, 0.1) is 0 Å². The van der Waals surface area contributed by atoms with E-state index in [2.05, 4.69) is 35.2 Å². The summed E-state index contributed by atoms with van der Waals surface area (Å²) in [7, 11) is 1.79. The molecule has 0 bridgehead atoms. The van der Waals surface area contributed by atoms with Gasteiger partial charge in [0.05, 0.1) is 12.1 Å². The summed E-state index contributed by atoms with van der Waals surface area (Å²) >= 11 is 0. The molecule has 2 aliphatic rings. The normalized spacial score (nSPS) is 23.2. The second-order valence-corrected chi connectivity index (χ2v) is 6.54. The Labute approximate surface area is 148 Å². The minimum absolute atomic E-state index is 0.146. The van der Waals surface area contributed by atoms with Crippen LogP contribution in [0.15, 0.2) is 66.6 Å². The van der Waals surface area contributed by atoms with E-state index < -0.39 is 0 Å². The Hall–Kier alpha value is -2.30. The van der Waals surface area contributed by atoms with Gasteiger partial charge in [-0.15, -0.1) is 0 Å². The van der Waals surface area contributed by atoms with Gasteiger partial charge in [-0.1, -0.05) is 42.5 Å². The number of hydrogen-bond acceptors (Lipinski definition) is 4. The third kappa shape index (κ3) is 3.55. The molecule has 0 radical (unpaired) electrons. The maximum absolute atomic E-state index is 6.17. The Kier molecular flexibility index (Phi) is 4.72. The number of likely N-dealkylation sites (tertiary alicyclic amines) is 1. The third-order valence-electron chi connectivity index (χ3n) is 4.93. The van der Waals surface area contributed by atoms with Crippen LogP contribution < -0.4 is 9.47 Å². The quantitative estimate of drug-likeness (QED) is 0.844. The van der Waals surface area contributed by atoms with Gasteiger partial charge in [0.1, 0.15) is 6.26 Å². The molecule has 4 heteroatoms. The molecule has 2 aromatic carbocycles. The second-order valence-electron chi connectivity index (χ2n) is 6.54. The summed E-state index contributed by atoms with van der Waals surface area (Å²) in [5.74, 6) is 2.40. The van der Waals surface area contributed by atoms with E-state index in [1.54, 1.807) is 13.4 Å². The van der Waals surface area contributed by atoms with Crippen LogP contribution >= 0.6 is 0 Å². The van der Waals surface area contributed by atoms with Crippen molar-refractivity contribution in [2.75, 3.05) is 13.7 Å². The number of piperidine rings is 1. The molecule has 2 heterocycles. The predicted octanol–water partition coefficient (Wildman–Crippen LogP) is 3.98. The lowest BCUT2D eigenvalue weighted by atomic mass is 9.97. The van der Waals surface area contributed by atoms with Crippen molar-refractivity contribution in [2.24, 2.45) is 0 Å². The van der Waals surface area contributed by atoms with Gasteiger partial charge in [0, 0.05) is 20.2 Å². The number of ether oxygens (including phenoxy) is 3. The zero-order chi connectivity index (χ0) is 17.1. The molecule has 1 saturated heterocycles. The van der Waals surface area contributed by atoms with Gasteiger partial charge in [-0.25, -0.2) is 0 Å². The zero-order valence-electron chi connectivity index (χ0n) is 14.4. The maximum Gasteiger partial charge on any atom is 0.169 e. The van der Waals surface area contributed by atoms with Gasteiger partial charge in [0.2, 0.25) is 0 Å². The number of hydrogen-bond donors (Lipinski definition) is 0. The van der Waals surface area contributed by atoms with Crippen LogP contribution in [-0.2, 0) is 11.3 Å². The maximum atomic E-state index is 6.17. The third-order valence-corrected chi connectivity index (χ3v) is 4.93. The molecule has 25 heavy (non-hydrogen) atoms. The van der Waals surface area contributed by atoms with Crippen LogP contribution in [0.25, 0.3) is 0 Å². The Morgan fingerprint density at radius 3 is 2.60 bits per heavy atom. The van der Waals surface area contributed by atoms with Gasteiger partial charge in [-0.2, -0.15) is 0 Å². The molecule has 0 saturated carbocycles. The van der Waals surface area contributed by atoms with Crippen molar-refractivity contribution in [1.29, 1.82) is 0 Å². The van der Waals surface area contributed by atoms with E-state index in [-0.39, 0.29) is 12.1 Å². The Morgan fingerprint density at radius 1 is 1.04 bits per heavy atom. The highest BCUT2D eigenvalue weighted by molar-refractivity contribution is 5.43. The van der Waals surface area contributed by atoms with Gasteiger partial charge in [-0.05, 0) is 30.5 Å². The van der Waals surface area contributed by atoms with Gasteiger partial charge >= 0.3 is 0 Å². The smallest absolute Gasteiger partial charge is 0.169 e. The van der Waals surface area contributed by atoms with Gasteiger partial charge < -0.3 is 14.2 Å². The van der Waals surface area contributed by atoms with Crippen LogP contribution in [-0.4, -0.2) is 30.7 Å². The minimum Gasteiger partial charge on any atom is -0.457 e. The molecule has 0 N–H and O–H groups in total. The molecule has 0 aromatic heterocycles. The van der Waals surface area contributed by atoms with E-state index in [1.165, 1.54) is 5.56 Å². The molecule has 130 valence electrons. The van der Waals surface area contributed by atoms with Crippen molar-refractivity contribution in [2.45, 2.75) is 31.5 Å². The fourth-order valence-electron chi connectivity index (χ4n) is 3.55. The van der Waals surface area contributed by atoms with Crippen LogP contribution in [0.1, 0.15) is 18.4 Å². The molecule has 2 unspecified atom stereocenters. The number of benzene rings is 2. The molecule has 4 rings (SSSR count). The van der Waals surface area contributed by atoms with E-state index in [1.807, 2.05) is 24.3 Å². The molecular formula is C21H23NO3. The lowest BCUT2D eigenvalue weighted by Crippen LogP contribution is -2.46. The molecule has 4 nitrogen and oxygen atoms in total. The summed E-state index contributed by atoms with van der Waals surface area (Å²) in [5.41, 5.74) is 1.31. The highest BCUT2D eigenvalue weighted by atomic mass is 16.6. The van der Waals surface area contributed by atoms with Crippen molar-refractivity contribution < 1.29 is 14.2 Å². The zero-order valence-corrected chi connectivity index (χ0v) is 14.4. The van der Waals surface area contributed by atoms with Gasteiger partial charge in [0.25, 0.3) is 0 Å². The van der Waals surface area contributed by atoms with Crippen molar-refractivity contribution >= 4 is 0 Å². The monoisotopic (exact) mass is 337 g/mol. The average molecular weight is 337 g/mol. The first-order valence-corrected chi connectivity index (χ1v) is 8.78. The van der Waals surface area contributed by atoms with Gasteiger partial charge in [0.15, 0.2) is 17.3 Å². The largest absolute Gasteiger partial charge is 0.457 e. The highest BCUT2D eigenvalue weighted by Gasteiger charge is 2.34. The molecule has 0 amide bonds. The summed E-state index contributed by atoms with van der Waals surface area (Å²) in [6, 6.07) is 18.5.